The van der Waals surface area contributed by atoms with Gasteiger partial charge >= 0.3 is 12.6 Å². The maximum absolute atomic E-state index is 13.7. The summed E-state index contributed by atoms with van der Waals surface area (Å²) in [5, 5.41) is 13.7. The summed E-state index contributed by atoms with van der Waals surface area (Å²) >= 11 is 3.16. The molecule has 0 aliphatic carbocycles. The van der Waals surface area contributed by atoms with E-state index in [1.807, 2.05) is 0 Å². The quantitative estimate of drug-likeness (QED) is 0.492. The third-order valence-corrected chi connectivity index (χ3v) is 4.61. The lowest BCUT2D eigenvalue weighted by molar-refractivity contribution is -0.0504. The lowest BCUT2D eigenvalue weighted by Gasteiger charge is -2.15. The number of fused-ring (bicyclic) bond motifs is 1. The summed E-state index contributed by atoms with van der Waals surface area (Å²) in [5.41, 5.74) is -0.409. The Morgan fingerprint density at radius 3 is 2.38 bits per heavy atom. The molecule has 0 unspecified atom stereocenters. The van der Waals surface area contributed by atoms with Gasteiger partial charge in [0.1, 0.15) is 17.1 Å². The van der Waals surface area contributed by atoms with Crippen LogP contribution in [0.1, 0.15) is 22.3 Å². The van der Waals surface area contributed by atoms with E-state index in [1.54, 1.807) is 0 Å². The molecular formula is C18H13BrF4N2O4. The molecule has 29 heavy (non-hydrogen) atoms. The third kappa shape index (κ3) is 3.86. The number of ether oxygens (including phenoxy) is 2. The van der Waals surface area contributed by atoms with Crippen molar-refractivity contribution in [1.82, 2.24) is 9.78 Å². The van der Waals surface area contributed by atoms with Crippen molar-refractivity contribution in [2.24, 2.45) is 7.05 Å². The molecule has 1 aromatic heterocycles. The van der Waals surface area contributed by atoms with Crippen molar-refractivity contribution in [2.45, 2.75) is 13.0 Å². The molecule has 0 atom stereocenters. The Labute approximate surface area is 169 Å². The summed E-state index contributed by atoms with van der Waals surface area (Å²) < 4.78 is 64.1. The number of halogens is 5. The van der Waals surface area contributed by atoms with Gasteiger partial charge in [-0.2, -0.15) is 13.9 Å². The normalized spacial score (nSPS) is 11.5. The second kappa shape index (κ2) is 7.90. The number of carboxylic acids is 1. The standard InChI is InChI=1S/C18H13BrF4N2O4/c1-25-15(13-9(16(20)21)5-8(19)6-10(13)24-25)7-3-11(28-2)14(17(26)27)12(4-7)29-18(22)23/h3-6,16,18H,1-2H3,(H,26,27). The average Bonchev–Trinajstić information content (AvgIpc) is 2.94. The second-order valence-electron chi connectivity index (χ2n) is 5.90. The monoisotopic (exact) mass is 476 g/mol. The molecule has 3 aromatic rings. The highest BCUT2D eigenvalue weighted by Crippen LogP contribution is 2.41. The van der Waals surface area contributed by atoms with Crippen LogP contribution in [0.3, 0.4) is 0 Å². The number of aromatic nitrogens is 2. The van der Waals surface area contributed by atoms with E-state index in [0.29, 0.717) is 4.47 Å². The van der Waals surface area contributed by atoms with Crippen molar-refractivity contribution in [3.63, 3.8) is 0 Å². The lowest BCUT2D eigenvalue weighted by atomic mass is 10.0. The molecule has 0 saturated heterocycles. The van der Waals surface area contributed by atoms with Gasteiger partial charge in [-0.05, 0) is 24.3 Å². The van der Waals surface area contributed by atoms with Crippen LogP contribution in [-0.2, 0) is 7.05 Å². The molecule has 3 rings (SSSR count). The first kappa shape index (κ1) is 20.9. The van der Waals surface area contributed by atoms with E-state index >= 15 is 0 Å². The van der Waals surface area contributed by atoms with E-state index in [1.165, 1.54) is 29.9 Å². The number of carboxylic acid groups (broad SMARTS) is 1. The van der Waals surface area contributed by atoms with Crippen molar-refractivity contribution in [1.29, 1.82) is 0 Å². The van der Waals surface area contributed by atoms with Crippen molar-refractivity contribution < 1.29 is 36.9 Å². The van der Waals surface area contributed by atoms with Crippen molar-refractivity contribution >= 4 is 32.8 Å². The zero-order chi connectivity index (χ0) is 21.5. The fourth-order valence-corrected chi connectivity index (χ4v) is 3.58. The number of nitrogens with zero attached hydrogens (tertiary/aromatic N) is 2. The minimum atomic E-state index is -3.30. The molecule has 0 fully saturated rings. The number of benzene rings is 2. The second-order valence-corrected chi connectivity index (χ2v) is 6.81. The molecule has 0 spiro atoms. The summed E-state index contributed by atoms with van der Waals surface area (Å²) in [6.45, 7) is -3.30. The van der Waals surface area contributed by atoms with E-state index < -0.39 is 30.3 Å². The molecule has 0 bridgehead atoms. The van der Waals surface area contributed by atoms with Gasteiger partial charge in [-0.1, -0.05) is 15.9 Å². The number of hydrogen-bond donors (Lipinski definition) is 1. The number of methoxy groups -OCH3 is 1. The smallest absolute Gasteiger partial charge is 0.387 e. The first-order chi connectivity index (χ1) is 13.6. The fourth-order valence-electron chi connectivity index (χ4n) is 3.11. The molecule has 0 radical (unpaired) electrons. The number of alkyl halides is 4. The molecule has 6 nitrogen and oxygen atoms in total. The Bertz CT molecular complexity index is 1100. The first-order valence-corrected chi connectivity index (χ1v) is 8.78. The van der Waals surface area contributed by atoms with Gasteiger partial charge in [0.2, 0.25) is 0 Å². The van der Waals surface area contributed by atoms with Gasteiger partial charge in [0.25, 0.3) is 6.43 Å². The Kier molecular flexibility index (Phi) is 5.69. The largest absolute Gasteiger partial charge is 0.496 e. The van der Waals surface area contributed by atoms with Crippen molar-refractivity contribution in [3.05, 3.63) is 39.9 Å². The summed E-state index contributed by atoms with van der Waals surface area (Å²) in [6, 6.07) is 5.04. The Balaban J connectivity index is 2.38. The van der Waals surface area contributed by atoms with E-state index in [2.05, 4.69) is 25.8 Å². The number of rotatable bonds is 6. The number of aromatic carboxylic acids is 1. The SMILES string of the molecule is COc1cc(-c2c3c(C(F)F)cc(Br)cc3nn2C)cc(OC(F)F)c1C(=O)O. The summed E-state index contributed by atoms with van der Waals surface area (Å²) in [5.74, 6) is -2.47. The fraction of sp³-hybridized carbons (Fsp3) is 0.222. The van der Waals surface area contributed by atoms with Gasteiger partial charge in [0, 0.05) is 28.0 Å². The predicted octanol–water partition coefficient (Wildman–Crippen LogP) is 5.25. The average molecular weight is 477 g/mol. The predicted molar refractivity (Wildman–Crippen MR) is 99.0 cm³/mol. The van der Waals surface area contributed by atoms with Crippen LogP contribution in [0.15, 0.2) is 28.7 Å². The highest BCUT2D eigenvalue weighted by Gasteiger charge is 2.26. The Morgan fingerprint density at radius 2 is 1.83 bits per heavy atom. The van der Waals surface area contributed by atoms with Crippen LogP contribution in [0.25, 0.3) is 22.2 Å². The molecule has 0 saturated carbocycles. The van der Waals surface area contributed by atoms with Gasteiger partial charge in [-0.25, -0.2) is 13.6 Å². The molecule has 1 heterocycles. The van der Waals surface area contributed by atoms with Crippen molar-refractivity contribution in [3.8, 4) is 22.8 Å². The van der Waals surface area contributed by atoms with E-state index in [4.69, 9.17) is 4.74 Å². The van der Waals surface area contributed by atoms with Gasteiger partial charge in [0.05, 0.1) is 18.3 Å². The van der Waals surface area contributed by atoms with Gasteiger partial charge in [-0.3, -0.25) is 4.68 Å². The maximum Gasteiger partial charge on any atom is 0.387 e. The molecule has 154 valence electrons. The van der Waals surface area contributed by atoms with Crippen LogP contribution in [0, 0.1) is 0 Å². The topological polar surface area (TPSA) is 73.6 Å². The molecule has 2 aromatic carbocycles. The van der Waals surface area contributed by atoms with Crippen LogP contribution in [0.5, 0.6) is 11.5 Å². The van der Waals surface area contributed by atoms with Crippen LogP contribution in [0.4, 0.5) is 17.6 Å². The number of aryl methyl sites for hydroxylation is 1. The molecule has 11 heteroatoms. The highest BCUT2D eigenvalue weighted by molar-refractivity contribution is 9.10. The molecule has 0 amide bonds. The van der Waals surface area contributed by atoms with Crippen LogP contribution in [-0.4, -0.2) is 34.6 Å². The van der Waals surface area contributed by atoms with Crippen LogP contribution < -0.4 is 9.47 Å². The zero-order valence-corrected chi connectivity index (χ0v) is 16.5. The maximum atomic E-state index is 13.7. The minimum Gasteiger partial charge on any atom is -0.496 e. The summed E-state index contributed by atoms with van der Waals surface area (Å²) in [4.78, 5) is 11.5. The van der Waals surface area contributed by atoms with Gasteiger partial charge in [-0.15, -0.1) is 0 Å². The number of hydrogen-bond acceptors (Lipinski definition) is 4. The molecule has 0 aliphatic rings. The summed E-state index contributed by atoms with van der Waals surface area (Å²) in [7, 11) is 2.64. The van der Waals surface area contributed by atoms with E-state index in [9.17, 15) is 27.5 Å². The van der Waals surface area contributed by atoms with Crippen LogP contribution >= 0.6 is 15.9 Å². The molecular weight excluding hydrogens is 464 g/mol. The highest BCUT2D eigenvalue weighted by atomic mass is 79.9. The third-order valence-electron chi connectivity index (χ3n) is 4.16. The lowest BCUT2D eigenvalue weighted by Crippen LogP contribution is -2.10. The molecule has 1 N–H and O–H groups in total. The first-order valence-electron chi connectivity index (χ1n) is 7.98. The van der Waals surface area contributed by atoms with Crippen LogP contribution in [0.2, 0.25) is 0 Å². The van der Waals surface area contributed by atoms with Gasteiger partial charge in [0.15, 0.2) is 0 Å². The Morgan fingerprint density at radius 1 is 1.17 bits per heavy atom. The van der Waals surface area contributed by atoms with E-state index in [0.717, 1.165) is 13.2 Å². The number of carbonyl (C=O) groups is 1. The van der Waals surface area contributed by atoms with Crippen molar-refractivity contribution in [2.75, 3.05) is 7.11 Å². The Hall–Kier alpha value is -2.82. The summed E-state index contributed by atoms with van der Waals surface area (Å²) in [6.07, 6.45) is -2.84. The minimum absolute atomic E-state index is 0.0961. The van der Waals surface area contributed by atoms with E-state index in [-0.39, 0.29) is 33.5 Å². The zero-order valence-electron chi connectivity index (χ0n) is 14.9. The molecule has 0 aliphatic heterocycles. The van der Waals surface area contributed by atoms with Gasteiger partial charge < -0.3 is 14.6 Å².